The van der Waals surface area contributed by atoms with Crippen LogP contribution in [0.1, 0.15) is 43.5 Å². The second-order valence-corrected chi connectivity index (χ2v) is 8.33. The number of para-hydroxylation sites is 2. The van der Waals surface area contributed by atoms with E-state index in [1.54, 1.807) is 24.3 Å². The first kappa shape index (κ1) is 21.1. The minimum Gasteiger partial charge on any atom is -0.490 e. The van der Waals surface area contributed by atoms with Crippen molar-refractivity contribution in [3.63, 3.8) is 0 Å². The number of likely N-dealkylation sites (tertiary alicyclic amines) is 1. The average Bonchev–Trinajstić information content (AvgIpc) is 2.88. The third kappa shape index (κ3) is 6.48. The number of amides is 1. The highest BCUT2D eigenvalue weighted by Gasteiger charge is 2.23. The van der Waals surface area contributed by atoms with Gasteiger partial charge in [0.1, 0.15) is 5.75 Å². The molecule has 0 radical (unpaired) electrons. The predicted molar refractivity (Wildman–Crippen MR) is 116 cm³/mol. The molecule has 1 heterocycles. The minimum absolute atomic E-state index is 0.144. The Morgan fingerprint density at radius 3 is 2.59 bits per heavy atom. The van der Waals surface area contributed by atoms with Crippen molar-refractivity contribution in [3.05, 3.63) is 54.1 Å². The van der Waals surface area contributed by atoms with Crippen molar-refractivity contribution >= 4 is 17.3 Å². The van der Waals surface area contributed by atoms with Gasteiger partial charge >= 0.3 is 0 Å². The van der Waals surface area contributed by atoms with Gasteiger partial charge in [-0.15, -0.1) is 0 Å². The number of ether oxygens (including phenoxy) is 1. The molecule has 1 atom stereocenters. The first-order chi connectivity index (χ1) is 13.8. The van der Waals surface area contributed by atoms with Gasteiger partial charge in [0.2, 0.25) is 0 Å². The molecule has 3 rings (SSSR count). The summed E-state index contributed by atoms with van der Waals surface area (Å²) >= 11 is 0. The quantitative estimate of drug-likeness (QED) is 0.649. The van der Waals surface area contributed by atoms with E-state index in [0.717, 1.165) is 38.1 Å². The van der Waals surface area contributed by atoms with Crippen molar-refractivity contribution in [3.8, 4) is 5.75 Å². The van der Waals surface area contributed by atoms with Crippen molar-refractivity contribution in [2.24, 2.45) is 0 Å². The number of anilines is 2. The van der Waals surface area contributed by atoms with Crippen LogP contribution < -0.4 is 15.8 Å². The number of nitrogens with one attached hydrogen (secondary N) is 1. The summed E-state index contributed by atoms with van der Waals surface area (Å²) < 4.78 is 6.14. The van der Waals surface area contributed by atoms with Crippen molar-refractivity contribution in [1.82, 2.24) is 4.90 Å². The molecule has 0 bridgehead atoms. The van der Waals surface area contributed by atoms with Gasteiger partial charge in [0, 0.05) is 18.7 Å². The lowest BCUT2D eigenvalue weighted by molar-refractivity contribution is 0.0363. The fraction of sp³-hybridized carbons (Fsp3) is 0.435. The predicted octanol–water partition coefficient (Wildman–Crippen LogP) is 3.53. The number of carbonyl (C=O) groups is 1. The SMILES string of the molecule is CC(C)(O)CN1CCCC(Oc2ccc(C(=O)Nc3ccccc3N)cc2)CC1. The molecule has 6 heteroatoms. The maximum absolute atomic E-state index is 12.4. The van der Waals surface area contributed by atoms with Crippen LogP contribution >= 0.6 is 0 Å². The number of nitrogen functional groups attached to an aromatic ring is 1. The van der Waals surface area contributed by atoms with Crippen molar-refractivity contribution in [1.29, 1.82) is 0 Å². The summed E-state index contributed by atoms with van der Waals surface area (Å²) in [5, 5.41) is 12.9. The zero-order chi connectivity index (χ0) is 20.9. The third-order valence-corrected chi connectivity index (χ3v) is 5.01. The zero-order valence-corrected chi connectivity index (χ0v) is 17.2. The van der Waals surface area contributed by atoms with E-state index in [9.17, 15) is 9.90 Å². The molecule has 1 saturated heterocycles. The number of nitrogens with two attached hydrogens (primary N) is 1. The van der Waals surface area contributed by atoms with Gasteiger partial charge in [-0.1, -0.05) is 12.1 Å². The van der Waals surface area contributed by atoms with Crippen LogP contribution in [-0.4, -0.2) is 47.3 Å². The fourth-order valence-corrected chi connectivity index (χ4v) is 3.63. The van der Waals surface area contributed by atoms with Crippen LogP contribution in [0, 0.1) is 0 Å². The molecule has 29 heavy (non-hydrogen) atoms. The molecular formula is C23H31N3O3. The molecule has 1 amide bonds. The average molecular weight is 398 g/mol. The lowest BCUT2D eigenvalue weighted by Crippen LogP contribution is -2.39. The molecule has 156 valence electrons. The standard InChI is InChI=1S/C23H31N3O3/c1-23(2,28)16-26-14-5-6-18(13-15-26)29-19-11-9-17(10-12-19)22(27)25-21-8-4-3-7-20(21)24/h3-4,7-12,18,28H,5-6,13-16,24H2,1-2H3,(H,25,27). The molecule has 0 aliphatic carbocycles. The van der Waals surface area contributed by atoms with Crippen LogP contribution in [-0.2, 0) is 0 Å². The van der Waals surface area contributed by atoms with Gasteiger partial charge in [0.05, 0.1) is 23.1 Å². The fourth-order valence-electron chi connectivity index (χ4n) is 3.63. The lowest BCUT2D eigenvalue weighted by Gasteiger charge is -2.27. The van der Waals surface area contributed by atoms with Gasteiger partial charge in [-0.3, -0.25) is 4.79 Å². The number of benzene rings is 2. The maximum Gasteiger partial charge on any atom is 0.255 e. The van der Waals surface area contributed by atoms with Crippen molar-refractivity contribution in [2.45, 2.75) is 44.8 Å². The number of carbonyl (C=O) groups excluding carboxylic acids is 1. The first-order valence-electron chi connectivity index (χ1n) is 10.2. The molecule has 1 fully saturated rings. The van der Waals surface area contributed by atoms with Crippen LogP contribution in [0.2, 0.25) is 0 Å². The van der Waals surface area contributed by atoms with E-state index in [2.05, 4.69) is 10.2 Å². The van der Waals surface area contributed by atoms with E-state index in [4.69, 9.17) is 10.5 Å². The Kier molecular flexibility index (Phi) is 6.77. The Bertz CT molecular complexity index is 815. The van der Waals surface area contributed by atoms with E-state index in [-0.39, 0.29) is 12.0 Å². The van der Waals surface area contributed by atoms with Gasteiger partial charge in [0.25, 0.3) is 5.91 Å². The largest absolute Gasteiger partial charge is 0.490 e. The summed E-state index contributed by atoms with van der Waals surface area (Å²) in [4.78, 5) is 14.7. The summed E-state index contributed by atoms with van der Waals surface area (Å²) in [6.07, 6.45) is 3.09. The Hall–Kier alpha value is -2.57. The van der Waals surface area contributed by atoms with Crippen LogP contribution in [0.15, 0.2) is 48.5 Å². The zero-order valence-electron chi connectivity index (χ0n) is 17.2. The maximum atomic E-state index is 12.4. The van der Waals surface area contributed by atoms with Gasteiger partial charge in [-0.05, 0) is 76.1 Å². The number of aliphatic hydroxyl groups is 1. The summed E-state index contributed by atoms with van der Waals surface area (Å²) in [7, 11) is 0. The highest BCUT2D eigenvalue weighted by Crippen LogP contribution is 2.22. The third-order valence-electron chi connectivity index (χ3n) is 5.01. The van der Waals surface area contributed by atoms with E-state index in [1.807, 2.05) is 38.1 Å². The molecule has 1 aliphatic heterocycles. The van der Waals surface area contributed by atoms with Crippen molar-refractivity contribution < 1.29 is 14.6 Å². The summed E-state index contributed by atoms with van der Waals surface area (Å²) in [6.45, 7) is 6.25. The second kappa shape index (κ2) is 9.29. The number of nitrogens with zero attached hydrogens (tertiary/aromatic N) is 1. The molecule has 1 unspecified atom stereocenters. The number of hydrogen-bond donors (Lipinski definition) is 3. The monoisotopic (exact) mass is 397 g/mol. The van der Waals surface area contributed by atoms with Gasteiger partial charge < -0.3 is 25.8 Å². The van der Waals surface area contributed by atoms with Gasteiger partial charge in [0.15, 0.2) is 0 Å². The number of β-amino-alcohol motifs (C(OH)–C–C–N with tert-alkyl or cyclic N) is 1. The van der Waals surface area contributed by atoms with Crippen LogP contribution in [0.3, 0.4) is 0 Å². The minimum atomic E-state index is -0.679. The highest BCUT2D eigenvalue weighted by molar-refractivity contribution is 6.05. The van der Waals surface area contributed by atoms with Gasteiger partial charge in [-0.2, -0.15) is 0 Å². The molecule has 2 aromatic rings. The molecule has 0 spiro atoms. The van der Waals surface area contributed by atoms with E-state index < -0.39 is 5.60 Å². The Morgan fingerprint density at radius 2 is 1.90 bits per heavy atom. The summed E-state index contributed by atoms with van der Waals surface area (Å²) in [5.74, 6) is 0.563. The molecule has 2 aromatic carbocycles. The van der Waals surface area contributed by atoms with Crippen molar-refractivity contribution in [2.75, 3.05) is 30.7 Å². The normalized spacial score (nSPS) is 18.1. The Labute approximate surface area is 172 Å². The molecular weight excluding hydrogens is 366 g/mol. The smallest absolute Gasteiger partial charge is 0.255 e. The molecule has 1 aliphatic rings. The van der Waals surface area contributed by atoms with E-state index in [0.29, 0.717) is 23.5 Å². The molecule has 0 aromatic heterocycles. The van der Waals surface area contributed by atoms with Gasteiger partial charge in [-0.25, -0.2) is 0 Å². The summed E-state index contributed by atoms with van der Waals surface area (Å²) in [6, 6.07) is 14.4. The highest BCUT2D eigenvalue weighted by atomic mass is 16.5. The Balaban J connectivity index is 1.54. The first-order valence-corrected chi connectivity index (χ1v) is 10.2. The number of rotatable bonds is 6. The Morgan fingerprint density at radius 1 is 1.17 bits per heavy atom. The lowest BCUT2D eigenvalue weighted by atomic mass is 10.1. The second-order valence-electron chi connectivity index (χ2n) is 8.33. The van der Waals surface area contributed by atoms with E-state index in [1.165, 1.54) is 0 Å². The van der Waals surface area contributed by atoms with Crippen LogP contribution in [0.5, 0.6) is 5.75 Å². The van der Waals surface area contributed by atoms with Crippen LogP contribution in [0.25, 0.3) is 0 Å². The topological polar surface area (TPSA) is 87.8 Å². The van der Waals surface area contributed by atoms with Crippen LogP contribution in [0.4, 0.5) is 11.4 Å². The molecule has 0 saturated carbocycles. The molecule has 6 nitrogen and oxygen atoms in total. The number of hydrogen-bond acceptors (Lipinski definition) is 5. The van der Waals surface area contributed by atoms with E-state index >= 15 is 0 Å². The summed E-state index contributed by atoms with van der Waals surface area (Å²) in [5.41, 5.74) is 6.89. The molecule has 4 N–H and O–H groups in total.